The molecule has 1 aromatic carbocycles. The average molecular weight is 359 g/mol. The topological polar surface area (TPSA) is 90.7 Å². The van der Waals surface area contributed by atoms with Gasteiger partial charge in [0.2, 0.25) is 5.91 Å². The molecule has 2 amide bonds. The average Bonchev–Trinajstić information content (AvgIpc) is 3.07. The van der Waals surface area contributed by atoms with Crippen LogP contribution in [0.4, 0.5) is 11.4 Å². The third kappa shape index (κ3) is 4.27. The van der Waals surface area contributed by atoms with Crippen molar-refractivity contribution in [1.29, 1.82) is 0 Å². The van der Waals surface area contributed by atoms with Gasteiger partial charge in [0.15, 0.2) is 0 Å². The van der Waals surface area contributed by atoms with Crippen LogP contribution in [0.1, 0.15) is 37.0 Å². The van der Waals surface area contributed by atoms with E-state index >= 15 is 0 Å². The summed E-state index contributed by atoms with van der Waals surface area (Å²) in [5, 5.41) is 5.41. The number of anilines is 2. The number of piperazine rings is 1. The van der Waals surface area contributed by atoms with Gasteiger partial charge in [-0.05, 0) is 51.4 Å². The van der Waals surface area contributed by atoms with Crippen molar-refractivity contribution in [2.24, 2.45) is 0 Å². The van der Waals surface area contributed by atoms with Crippen LogP contribution in [0.25, 0.3) is 0 Å². The normalized spacial score (nSPS) is 20.1. The van der Waals surface area contributed by atoms with Crippen molar-refractivity contribution in [3.63, 3.8) is 0 Å². The van der Waals surface area contributed by atoms with E-state index in [1.807, 2.05) is 26.0 Å². The Morgan fingerprint density at radius 1 is 1.27 bits per heavy atom. The molecular weight excluding hydrogens is 330 g/mol. The van der Waals surface area contributed by atoms with E-state index in [0.29, 0.717) is 17.3 Å². The van der Waals surface area contributed by atoms with Gasteiger partial charge in [-0.15, -0.1) is 0 Å². The zero-order valence-electron chi connectivity index (χ0n) is 15.6. The molecule has 0 bridgehead atoms. The lowest BCUT2D eigenvalue weighted by atomic mass is 10.1. The van der Waals surface area contributed by atoms with E-state index in [4.69, 9.17) is 5.73 Å². The van der Waals surface area contributed by atoms with Gasteiger partial charge in [0.1, 0.15) is 0 Å². The number of benzene rings is 1. The van der Waals surface area contributed by atoms with Crippen LogP contribution >= 0.6 is 0 Å². The molecule has 4 N–H and O–H groups in total. The summed E-state index contributed by atoms with van der Waals surface area (Å²) in [4.78, 5) is 29.1. The fourth-order valence-corrected chi connectivity index (χ4v) is 3.79. The lowest BCUT2D eigenvalue weighted by Crippen LogP contribution is -2.50. The summed E-state index contributed by atoms with van der Waals surface area (Å²) in [5.74, 6) is -0.525. The molecule has 1 atom stereocenters. The van der Waals surface area contributed by atoms with E-state index in [-0.39, 0.29) is 24.4 Å². The van der Waals surface area contributed by atoms with Gasteiger partial charge < -0.3 is 21.3 Å². The van der Waals surface area contributed by atoms with Gasteiger partial charge >= 0.3 is 0 Å². The molecule has 2 fully saturated rings. The van der Waals surface area contributed by atoms with Crippen LogP contribution in [0.3, 0.4) is 0 Å². The number of carbonyl (C=O) groups excluding carboxylic acids is 2. The first-order valence-corrected chi connectivity index (χ1v) is 9.40. The van der Waals surface area contributed by atoms with Crippen LogP contribution in [0.2, 0.25) is 0 Å². The molecule has 0 spiro atoms. The monoisotopic (exact) mass is 359 g/mol. The molecule has 0 aliphatic carbocycles. The van der Waals surface area contributed by atoms with Gasteiger partial charge in [-0.25, -0.2) is 0 Å². The van der Waals surface area contributed by atoms with Crippen molar-refractivity contribution in [2.75, 3.05) is 43.4 Å². The number of carbonyl (C=O) groups is 2. The van der Waals surface area contributed by atoms with Crippen molar-refractivity contribution in [1.82, 2.24) is 15.5 Å². The smallest absolute Gasteiger partial charge is 0.253 e. The summed E-state index contributed by atoms with van der Waals surface area (Å²) in [7, 11) is 0. The molecule has 26 heavy (non-hydrogen) atoms. The molecule has 2 saturated heterocycles. The summed E-state index contributed by atoms with van der Waals surface area (Å²) in [5.41, 5.74) is 7.87. The van der Waals surface area contributed by atoms with Crippen LogP contribution < -0.4 is 21.3 Å². The largest absolute Gasteiger partial charge is 0.398 e. The van der Waals surface area contributed by atoms with Crippen LogP contribution in [-0.2, 0) is 4.79 Å². The van der Waals surface area contributed by atoms with Gasteiger partial charge in [-0.2, -0.15) is 0 Å². The summed E-state index contributed by atoms with van der Waals surface area (Å²) >= 11 is 0. The summed E-state index contributed by atoms with van der Waals surface area (Å²) in [6.07, 6.45) is 2.51. The molecular formula is C19H29N5O2. The maximum Gasteiger partial charge on any atom is 0.253 e. The van der Waals surface area contributed by atoms with E-state index in [2.05, 4.69) is 20.4 Å². The molecule has 7 heteroatoms. The number of hydrogen-bond acceptors (Lipinski definition) is 5. The lowest BCUT2D eigenvalue weighted by molar-refractivity contribution is -0.120. The zero-order chi connectivity index (χ0) is 18.7. The highest BCUT2D eigenvalue weighted by Gasteiger charge is 2.30. The number of amides is 2. The minimum atomic E-state index is -0.317. The van der Waals surface area contributed by atoms with Gasteiger partial charge in [0, 0.05) is 43.1 Å². The summed E-state index contributed by atoms with van der Waals surface area (Å²) in [6.45, 7) is 7.91. The fraction of sp³-hybridized carbons (Fsp3) is 0.579. The van der Waals surface area contributed by atoms with E-state index in [9.17, 15) is 9.59 Å². The van der Waals surface area contributed by atoms with E-state index in [1.54, 1.807) is 6.07 Å². The number of nitrogens with two attached hydrogens (primary N) is 1. The van der Waals surface area contributed by atoms with Crippen LogP contribution in [0.5, 0.6) is 0 Å². The SMILES string of the molecule is CC(C)NC(=O)CNC(=O)c1cc(N2CCN3CCCC3C2)ccc1N. The molecule has 0 saturated carbocycles. The Bertz CT molecular complexity index is 676. The standard InChI is InChI=1S/C19H29N5O2/c1-13(2)22-18(25)11-21-19(26)16-10-14(5-6-17(16)20)24-9-8-23-7-3-4-15(23)12-24/h5-6,10,13,15H,3-4,7-9,11-12,20H2,1-2H3,(H,21,26)(H,22,25). The molecule has 0 aromatic heterocycles. The Kier molecular flexibility index (Phi) is 5.66. The Labute approximate surface area is 154 Å². The van der Waals surface area contributed by atoms with Crippen molar-refractivity contribution in [2.45, 2.75) is 38.8 Å². The van der Waals surface area contributed by atoms with Crippen molar-refractivity contribution >= 4 is 23.2 Å². The zero-order valence-corrected chi connectivity index (χ0v) is 15.6. The first-order valence-electron chi connectivity index (χ1n) is 9.40. The number of nitrogens with zero attached hydrogens (tertiary/aromatic N) is 2. The molecule has 142 valence electrons. The Morgan fingerprint density at radius 2 is 2.08 bits per heavy atom. The predicted octanol–water partition coefficient (Wildman–Crippen LogP) is 0.808. The third-order valence-corrected chi connectivity index (χ3v) is 5.09. The predicted molar refractivity (Wildman–Crippen MR) is 103 cm³/mol. The second kappa shape index (κ2) is 7.95. The van der Waals surface area contributed by atoms with Crippen molar-refractivity contribution < 1.29 is 9.59 Å². The highest BCUT2D eigenvalue weighted by Crippen LogP contribution is 2.27. The maximum atomic E-state index is 12.5. The minimum Gasteiger partial charge on any atom is -0.398 e. The van der Waals surface area contributed by atoms with E-state index in [1.165, 1.54) is 19.4 Å². The first-order chi connectivity index (χ1) is 12.4. The number of nitrogen functional groups attached to an aromatic ring is 1. The highest BCUT2D eigenvalue weighted by molar-refractivity contribution is 6.01. The molecule has 1 aromatic rings. The van der Waals surface area contributed by atoms with Gasteiger partial charge in [0.05, 0.1) is 12.1 Å². The number of rotatable bonds is 5. The molecule has 0 radical (unpaired) electrons. The van der Waals surface area contributed by atoms with E-state index < -0.39 is 0 Å². The van der Waals surface area contributed by atoms with Gasteiger partial charge in [-0.1, -0.05) is 0 Å². The molecule has 1 unspecified atom stereocenters. The second-order valence-electron chi connectivity index (χ2n) is 7.45. The summed E-state index contributed by atoms with van der Waals surface area (Å²) < 4.78 is 0. The van der Waals surface area contributed by atoms with Crippen LogP contribution in [-0.4, -0.2) is 61.5 Å². The fourth-order valence-electron chi connectivity index (χ4n) is 3.79. The lowest BCUT2D eigenvalue weighted by Gasteiger charge is -2.39. The van der Waals surface area contributed by atoms with Crippen molar-refractivity contribution in [3.05, 3.63) is 23.8 Å². The van der Waals surface area contributed by atoms with Gasteiger partial charge in [0.25, 0.3) is 5.91 Å². The Hall–Kier alpha value is -2.28. The molecule has 2 aliphatic rings. The second-order valence-corrected chi connectivity index (χ2v) is 7.45. The van der Waals surface area contributed by atoms with E-state index in [0.717, 1.165) is 25.3 Å². The molecule has 7 nitrogen and oxygen atoms in total. The third-order valence-electron chi connectivity index (χ3n) is 5.09. The molecule has 2 aliphatic heterocycles. The first kappa shape index (κ1) is 18.5. The number of fused-ring (bicyclic) bond motifs is 1. The molecule has 2 heterocycles. The Balaban J connectivity index is 1.65. The quantitative estimate of drug-likeness (QED) is 0.677. The Morgan fingerprint density at radius 3 is 2.85 bits per heavy atom. The maximum absolute atomic E-state index is 12.5. The number of nitrogens with one attached hydrogen (secondary N) is 2. The van der Waals surface area contributed by atoms with Gasteiger partial charge in [-0.3, -0.25) is 14.5 Å². The van der Waals surface area contributed by atoms with Crippen LogP contribution in [0.15, 0.2) is 18.2 Å². The van der Waals surface area contributed by atoms with Crippen LogP contribution in [0, 0.1) is 0 Å². The minimum absolute atomic E-state index is 0.0436. The highest BCUT2D eigenvalue weighted by atomic mass is 16.2. The molecule has 3 rings (SSSR count). The van der Waals surface area contributed by atoms with Crippen molar-refractivity contribution in [3.8, 4) is 0 Å². The summed E-state index contributed by atoms with van der Waals surface area (Å²) in [6, 6.07) is 6.25. The number of hydrogen-bond donors (Lipinski definition) is 3.